The summed E-state index contributed by atoms with van der Waals surface area (Å²) in [6, 6.07) is 4.27. The molecule has 2 heterocycles. The number of amidine groups is 1. The normalized spacial score (nSPS) is 20.0. The fourth-order valence-corrected chi connectivity index (χ4v) is 2.59. The molecule has 1 amide bonds. The highest BCUT2D eigenvalue weighted by molar-refractivity contribution is 6.02. The van der Waals surface area contributed by atoms with Crippen LogP contribution in [0.4, 0.5) is 10.1 Å². The second-order valence-electron chi connectivity index (χ2n) is 6.06. The van der Waals surface area contributed by atoms with E-state index < -0.39 is 17.3 Å². The van der Waals surface area contributed by atoms with E-state index in [0.29, 0.717) is 22.8 Å². The third kappa shape index (κ3) is 3.63. The minimum atomic E-state index is -0.948. The zero-order valence-electron chi connectivity index (χ0n) is 13.9. The van der Waals surface area contributed by atoms with E-state index in [1.165, 1.54) is 30.6 Å². The van der Waals surface area contributed by atoms with Crippen molar-refractivity contribution >= 4 is 17.4 Å². The lowest BCUT2D eigenvalue weighted by atomic mass is 9.92. The first-order valence-electron chi connectivity index (χ1n) is 7.69. The fraction of sp³-hybridized carbons (Fsp3) is 0.294. The highest BCUT2D eigenvalue weighted by Crippen LogP contribution is 2.32. The lowest BCUT2D eigenvalue weighted by molar-refractivity contribution is 0.102. The Kier molecular flexibility index (Phi) is 4.45. The minimum Gasteiger partial charge on any atom is -0.386 e. The van der Waals surface area contributed by atoms with Gasteiger partial charge in [-0.15, -0.1) is 0 Å². The molecule has 0 saturated heterocycles. The molecular weight excluding hydrogens is 325 g/mol. The van der Waals surface area contributed by atoms with Crippen molar-refractivity contribution in [3.63, 3.8) is 0 Å². The van der Waals surface area contributed by atoms with Gasteiger partial charge < -0.3 is 15.8 Å². The Hall–Kier alpha value is -2.87. The second-order valence-corrected chi connectivity index (χ2v) is 6.06. The van der Waals surface area contributed by atoms with Crippen LogP contribution >= 0.6 is 0 Å². The summed E-state index contributed by atoms with van der Waals surface area (Å²) in [6.45, 7) is 3.93. The number of anilines is 1. The number of hydrogen-bond acceptors (Lipinski definition) is 6. The Labute approximate surface area is 144 Å². The van der Waals surface area contributed by atoms with E-state index in [1.807, 2.05) is 0 Å². The second kappa shape index (κ2) is 6.56. The molecule has 1 aromatic carbocycles. The summed E-state index contributed by atoms with van der Waals surface area (Å²) in [5.41, 5.74) is 6.37. The van der Waals surface area contributed by atoms with Gasteiger partial charge in [-0.25, -0.2) is 9.37 Å². The molecule has 7 nitrogen and oxygen atoms in total. The van der Waals surface area contributed by atoms with Crippen LogP contribution < -0.4 is 11.1 Å². The molecule has 1 atom stereocenters. The Bertz CT molecular complexity index is 837. The maximum Gasteiger partial charge on any atom is 0.275 e. The van der Waals surface area contributed by atoms with E-state index in [2.05, 4.69) is 20.3 Å². The molecule has 25 heavy (non-hydrogen) atoms. The topological polar surface area (TPSA) is 102 Å². The summed E-state index contributed by atoms with van der Waals surface area (Å²) >= 11 is 0. The van der Waals surface area contributed by atoms with Crippen molar-refractivity contribution in [2.24, 2.45) is 10.7 Å². The van der Waals surface area contributed by atoms with Gasteiger partial charge in [0.05, 0.1) is 18.5 Å². The van der Waals surface area contributed by atoms with Crippen LogP contribution in [0.25, 0.3) is 0 Å². The van der Waals surface area contributed by atoms with E-state index in [1.54, 1.807) is 13.8 Å². The van der Waals surface area contributed by atoms with Crippen LogP contribution in [0.1, 0.15) is 28.7 Å². The highest BCUT2D eigenvalue weighted by atomic mass is 19.1. The van der Waals surface area contributed by atoms with Crippen molar-refractivity contribution in [2.75, 3.05) is 18.5 Å². The molecular formula is C17H18FN5O2. The number of nitrogens with two attached hydrogens (primary N) is 1. The van der Waals surface area contributed by atoms with Gasteiger partial charge in [-0.2, -0.15) is 0 Å². The molecule has 0 spiro atoms. The van der Waals surface area contributed by atoms with Crippen molar-refractivity contribution in [1.29, 1.82) is 0 Å². The molecule has 3 N–H and O–H groups in total. The lowest BCUT2D eigenvalue weighted by Gasteiger charge is -2.30. The van der Waals surface area contributed by atoms with E-state index >= 15 is 0 Å². The predicted octanol–water partition coefficient (Wildman–Crippen LogP) is 1.78. The first-order valence-corrected chi connectivity index (χ1v) is 7.69. The molecule has 0 aliphatic carbocycles. The molecule has 2 aromatic rings. The van der Waals surface area contributed by atoms with Crippen LogP contribution in [0, 0.1) is 12.7 Å². The van der Waals surface area contributed by atoms with Crippen molar-refractivity contribution < 1.29 is 13.9 Å². The maximum atomic E-state index is 14.3. The molecule has 3 rings (SSSR count). The number of nitrogens with zero attached hydrogens (tertiary/aromatic N) is 3. The molecule has 1 aromatic heterocycles. The average Bonchev–Trinajstić information content (AvgIpc) is 2.57. The molecule has 0 radical (unpaired) electrons. The standard InChI is InChI=1S/C17H18FN5O2/c1-10-6-21-14(7-20-10)16(24)22-11-3-4-13(18)12(5-11)17(2)9-25-8-15(19)23-17/h3-7H,8-9H2,1-2H3,(H2,19,23)(H,22,24). The number of aryl methyl sites for hydroxylation is 1. The molecule has 130 valence electrons. The number of nitrogens with one attached hydrogen (secondary N) is 1. The molecule has 1 aliphatic heterocycles. The number of aromatic nitrogens is 2. The smallest absolute Gasteiger partial charge is 0.275 e. The Morgan fingerprint density at radius 2 is 2.16 bits per heavy atom. The monoisotopic (exact) mass is 343 g/mol. The zero-order chi connectivity index (χ0) is 18.0. The Morgan fingerprint density at radius 3 is 2.84 bits per heavy atom. The van der Waals surface area contributed by atoms with Gasteiger partial charge in [-0.1, -0.05) is 0 Å². The highest BCUT2D eigenvalue weighted by Gasteiger charge is 2.33. The SMILES string of the molecule is Cc1cnc(C(=O)Nc2ccc(F)c(C3(C)COCC(N)=N3)c2)cn1. The number of hydrogen-bond donors (Lipinski definition) is 2. The molecule has 1 unspecified atom stereocenters. The van der Waals surface area contributed by atoms with Crippen LogP contribution in [0.3, 0.4) is 0 Å². The van der Waals surface area contributed by atoms with E-state index in [0.717, 1.165) is 0 Å². The molecule has 0 saturated carbocycles. The Morgan fingerprint density at radius 1 is 1.36 bits per heavy atom. The van der Waals surface area contributed by atoms with Crippen LogP contribution in [0.2, 0.25) is 0 Å². The summed E-state index contributed by atoms with van der Waals surface area (Å²) < 4.78 is 19.7. The number of ether oxygens (including phenoxy) is 1. The molecule has 1 aliphatic rings. The summed E-state index contributed by atoms with van der Waals surface area (Å²) in [6.07, 6.45) is 2.89. The summed E-state index contributed by atoms with van der Waals surface area (Å²) in [4.78, 5) is 24.6. The summed E-state index contributed by atoms with van der Waals surface area (Å²) in [7, 11) is 0. The zero-order valence-corrected chi connectivity index (χ0v) is 13.9. The van der Waals surface area contributed by atoms with Gasteiger partial charge >= 0.3 is 0 Å². The summed E-state index contributed by atoms with van der Waals surface area (Å²) in [5, 5.41) is 2.68. The van der Waals surface area contributed by atoms with Gasteiger partial charge in [0.25, 0.3) is 5.91 Å². The molecule has 0 fully saturated rings. The van der Waals surface area contributed by atoms with E-state index in [-0.39, 0.29) is 18.9 Å². The van der Waals surface area contributed by atoms with Gasteiger partial charge in [0.2, 0.25) is 0 Å². The van der Waals surface area contributed by atoms with Gasteiger partial charge in [-0.3, -0.25) is 14.8 Å². The maximum absolute atomic E-state index is 14.3. The molecule has 0 bridgehead atoms. The third-order valence-corrected chi connectivity index (χ3v) is 3.84. The quantitative estimate of drug-likeness (QED) is 0.884. The number of carbonyl (C=O) groups excluding carboxylic acids is 1. The number of rotatable bonds is 3. The van der Waals surface area contributed by atoms with Crippen LogP contribution in [-0.2, 0) is 10.3 Å². The van der Waals surface area contributed by atoms with Crippen LogP contribution in [0.5, 0.6) is 0 Å². The number of benzene rings is 1. The largest absolute Gasteiger partial charge is 0.386 e. The Balaban J connectivity index is 1.88. The van der Waals surface area contributed by atoms with Crippen molar-refractivity contribution in [3.05, 3.63) is 53.4 Å². The molecule has 8 heteroatoms. The van der Waals surface area contributed by atoms with Gasteiger partial charge in [0.1, 0.15) is 29.5 Å². The third-order valence-electron chi connectivity index (χ3n) is 3.84. The van der Waals surface area contributed by atoms with E-state index in [4.69, 9.17) is 10.5 Å². The minimum absolute atomic E-state index is 0.172. The number of carbonyl (C=O) groups is 1. The summed E-state index contributed by atoms with van der Waals surface area (Å²) in [5.74, 6) is -0.576. The van der Waals surface area contributed by atoms with Crippen molar-refractivity contribution in [2.45, 2.75) is 19.4 Å². The van der Waals surface area contributed by atoms with E-state index in [9.17, 15) is 9.18 Å². The fourth-order valence-electron chi connectivity index (χ4n) is 2.59. The van der Waals surface area contributed by atoms with Gasteiger partial charge in [0.15, 0.2) is 0 Å². The number of aliphatic imine (C=N–C) groups is 1. The van der Waals surface area contributed by atoms with Crippen molar-refractivity contribution in [1.82, 2.24) is 9.97 Å². The van der Waals surface area contributed by atoms with Crippen molar-refractivity contribution in [3.8, 4) is 0 Å². The van der Waals surface area contributed by atoms with Gasteiger partial charge in [0, 0.05) is 17.4 Å². The number of amides is 1. The predicted molar refractivity (Wildman–Crippen MR) is 90.9 cm³/mol. The first-order chi connectivity index (χ1) is 11.9. The lowest BCUT2D eigenvalue weighted by Crippen LogP contribution is -2.38. The van der Waals surface area contributed by atoms with Crippen LogP contribution in [-0.4, -0.2) is 34.9 Å². The van der Waals surface area contributed by atoms with Crippen LogP contribution in [0.15, 0.2) is 35.6 Å². The first kappa shape index (κ1) is 17.0. The van der Waals surface area contributed by atoms with Gasteiger partial charge in [-0.05, 0) is 32.0 Å². The number of halogens is 1. The average molecular weight is 343 g/mol.